The van der Waals surface area contributed by atoms with Gasteiger partial charge < -0.3 is 4.90 Å². The van der Waals surface area contributed by atoms with Crippen LogP contribution in [-0.4, -0.2) is 17.4 Å². The quantitative estimate of drug-likeness (QED) is 0.613. The molecule has 0 saturated carbocycles. The summed E-state index contributed by atoms with van der Waals surface area (Å²) in [5.41, 5.74) is 5.55. The topological polar surface area (TPSA) is 33.2 Å². The molecule has 1 aliphatic rings. The van der Waals surface area contributed by atoms with E-state index in [1.54, 1.807) is 11.3 Å². The molecule has 1 aromatic heterocycles. The Hall–Kier alpha value is -2.17. The number of amides is 1. The molecule has 0 radical (unpaired) electrons. The maximum absolute atomic E-state index is 12.7. The van der Waals surface area contributed by atoms with Crippen LogP contribution in [0.15, 0.2) is 47.8 Å². The Morgan fingerprint density at radius 2 is 2.04 bits per heavy atom. The van der Waals surface area contributed by atoms with Crippen LogP contribution >= 0.6 is 22.9 Å². The van der Waals surface area contributed by atoms with E-state index in [1.165, 1.54) is 5.56 Å². The van der Waals surface area contributed by atoms with Gasteiger partial charge in [-0.3, -0.25) is 4.79 Å². The van der Waals surface area contributed by atoms with Crippen LogP contribution in [-0.2, 0) is 17.6 Å². The number of carbonyl (C=O) groups excluding carboxylic acids is 1. The molecule has 2 heterocycles. The van der Waals surface area contributed by atoms with Gasteiger partial charge in [0.2, 0.25) is 5.91 Å². The average molecular weight is 383 g/mol. The van der Waals surface area contributed by atoms with Crippen LogP contribution in [0.5, 0.6) is 0 Å². The number of thiazole rings is 1. The summed E-state index contributed by atoms with van der Waals surface area (Å²) in [6.07, 6.45) is 2.14. The van der Waals surface area contributed by atoms with Gasteiger partial charge in [0.25, 0.3) is 0 Å². The second-order valence-corrected chi connectivity index (χ2v) is 8.02. The summed E-state index contributed by atoms with van der Waals surface area (Å²) in [5.74, 6) is 0.177. The summed E-state index contributed by atoms with van der Waals surface area (Å²) in [5, 5.41) is 3.88. The highest BCUT2D eigenvalue weighted by molar-refractivity contribution is 7.09. The third-order valence-corrected chi connectivity index (χ3v) is 5.76. The lowest BCUT2D eigenvalue weighted by molar-refractivity contribution is -0.118. The molecule has 0 fully saturated rings. The lowest BCUT2D eigenvalue weighted by atomic mass is 10.1. The van der Waals surface area contributed by atoms with Crippen LogP contribution in [0.2, 0.25) is 5.02 Å². The normalized spacial score (nSPS) is 13.1. The number of benzene rings is 2. The monoisotopic (exact) mass is 382 g/mol. The first-order valence-electron chi connectivity index (χ1n) is 8.70. The molecular weight excluding hydrogens is 364 g/mol. The fraction of sp³-hybridized carbons (Fsp3) is 0.238. The van der Waals surface area contributed by atoms with Crippen molar-refractivity contribution < 1.29 is 4.79 Å². The molecule has 1 aliphatic heterocycles. The fourth-order valence-electron chi connectivity index (χ4n) is 3.35. The third-order valence-electron chi connectivity index (χ3n) is 4.73. The van der Waals surface area contributed by atoms with E-state index in [0.29, 0.717) is 6.42 Å². The van der Waals surface area contributed by atoms with E-state index in [4.69, 9.17) is 11.6 Å². The maximum Gasteiger partial charge on any atom is 0.227 e. The minimum atomic E-state index is 0.177. The zero-order valence-electron chi connectivity index (χ0n) is 14.5. The number of anilines is 1. The number of hydrogen-bond donors (Lipinski definition) is 0. The van der Waals surface area contributed by atoms with E-state index in [0.717, 1.165) is 51.9 Å². The molecular formula is C21H19ClN2OS. The second kappa shape index (κ2) is 7.22. The lowest BCUT2D eigenvalue weighted by Crippen LogP contribution is -2.29. The van der Waals surface area contributed by atoms with Crippen molar-refractivity contribution in [1.29, 1.82) is 0 Å². The first-order valence-corrected chi connectivity index (χ1v) is 9.96. The second-order valence-electron chi connectivity index (χ2n) is 6.52. The van der Waals surface area contributed by atoms with Gasteiger partial charge in [0.15, 0.2) is 0 Å². The molecule has 2 aromatic carbocycles. The molecule has 0 unspecified atom stereocenters. The van der Waals surface area contributed by atoms with Crippen molar-refractivity contribution in [3.63, 3.8) is 0 Å². The molecule has 0 saturated heterocycles. The molecule has 5 heteroatoms. The zero-order valence-corrected chi connectivity index (χ0v) is 16.1. The van der Waals surface area contributed by atoms with Crippen molar-refractivity contribution in [2.75, 3.05) is 11.4 Å². The van der Waals surface area contributed by atoms with E-state index < -0.39 is 0 Å². The molecule has 3 aromatic rings. The number of carbonyl (C=O) groups is 1. The van der Waals surface area contributed by atoms with E-state index in [9.17, 15) is 4.79 Å². The highest BCUT2D eigenvalue weighted by Crippen LogP contribution is 2.33. The van der Waals surface area contributed by atoms with E-state index in [-0.39, 0.29) is 5.91 Å². The Labute approximate surface area is 162 Å². The summed E-state index contributed by atoms with van der Waals surface area (Å²) >= 11 is 7.57. The number of halogens is 1. The number of rotatable bonds is 4. The summed E-state index contributed by atoms with van der Waals surface area (Å²) < 4.78 is 0. The summed E-state index contributed by atoms with van der Waals surface area (Å²) in [7, 11) is 0. The molecule has 0 N–H and O–H groups in total. The van der Waals surface area contributed by atoms with Crippen LogP contribution in [0.1, 0.15) is 22.6 Å². The molecule has 132 valence electrons. The van der Waals surface area contributed by atoms with Gasteiger partial charge in [-0.2, -0.15) is 0 Å². The number of aryl methyl sites for hydroxylation is 2. The van der Waals surface area contributed by atoms with Crippen molar-refractivity contribution in [3.05, 3.63) is 69.0 Å². The molecule has 0 spiro atoms. The Morgan fingerprint density at radius 3 is 2.77 bits per heavy atom. The van der Waals surface area contributed by atoms with Crippen molar-refractivity contribution in [2.24, 2.45) is 0 Å². The minimum Gasteiger partial charge on any atom is -0.312 e. The first kappa shape index (κ1) is 17.3. The molecule has 1 amide bonds. The van der Waals surface area contributed by atoms with Crippen molar-refractivity contribution in [3.8, 4) is 11.3 Å². The van der Waals surface area contributed by atoms with Gasteiger partial charge >= 0.3 is 0 Å². The number of hydrogen-bond acceptors (Lipinski definition) is 3. The lowest BCUT2D eigenvalue weighted by Gasteiger charge is -2.17. The molecule has 0 aliphatic carbocycles. The third kappa shape index (κ3) is 3.53. The van der Waals surface area contributed by atoms with Crippen LogP contribution in [0, 0.1) is 6.92 Å². The van der Waals surface area contributed by atoms with E-state index >= 15 is 0 Å². The molecule has 0 atom stereocenters. The van der Waals surface area contributed by atoms with Gasteiger partial charge in [0.05, 0.1) is 10.7 Å². The molecule has 0 bridgehead atoms. The van der Waals surface area contributed by atoms with Crippen molar-refractivity contribution in [2.45, 2.75) is 26.2 Å². The number of aromatic nitrogens is 1. The Kier molecular flexibility index (Phi) is 4.79. The van der Waals surface area contributed by atoms with Gasteiger partial charge in [-0.05, 0) is 55.2 Å². The van der Waals surface area contributed by atoms with Gasteiger partial charge in [0.1, 0.15) is 0 Å². The predicted molar refractivity (Wildman–Crippen MR) is 108 cm³/mol. The van der Waals surface area contributed by atoms with E-state index in [2.05, 4.69) is 28.6 Å². The Balaban J connectivity index is 1.47. The highest BCUT2D eigenvalue weighted by Gasteiger charge is 2.24. The standard InChI is InChI=1S/C21H19ClN2OS/c1-14-23-19(13-26-14)16-5-8-20-17(12-16)10-11-24(20)21(25)9-4-15-2-6-18(22)7-3-15/h2-3,5-8,12-13H,4,9-11H2,1H3. The summed E-state index contributed by atoms with van der Waals surface area (Å²) in [6, 6.07) is 14.0. The minimum absolute atomic E-state index is 0.177. The summed E-state index contributed by atoms with van der Waals surface area (Å²) in [4.78, 5) is 19.2. The number of nitrogens with zero attached hydrogens (tertiary/aromatic N) is 2. The van der Waals surface area contributed by atoms with Gasteiger partial charge in [0, 0.05) is 34.6 Å². The van der Waals surface area contributed by atoms with E-state index in [1.807, 2.05) is 36.1 Å². The van der Waals surface area contributed by atoms with Gasteiger partial charge in [-0.1, -0.05) is 29.8 Å². The van der Waals surface area contributed by atoms with Gasteiger partial charge in [-0.25, -0.2) is 4.98 Å². The molecule has 4 rings (SSSR count). The number of fused-ring (bicyclic) bond motifs is 1. The van der Waals surface area contributed by atoms with Crippen LogP contribution < -0.4 is 4.90 Å². The maximum atomic E-state index is 12.7. The first-order chi connectivity index (χ1) is 12.6. The fourth-order valence-corrected chi connectivity index (χ4v) is 4.10. The van der Waals surface area contributed by atoms with Crippen molar-refractivity contribution in [1.82, 2.24) is 4.98 Å². The van der Waals surface area contributed by atoms with Crippen LogP contribution in [0.4, 0.5) is 5.69 Å². The Morgan fingerprint density at radius 1 is 1.23 bits per heavy atom. The highest BCUT2D eigenvalue weighted by atomic mass is 35.5. The van der Waals surface area contributed by atoms with Crippen molar-refractivity contribution >= 4 is 34.5 Å². The SMILES string of the molecule is Cc1nc(-c2ccc3c(c2)CCN3C(=O)CCc2ccc(Cl)cc2)cs1. The molecule has 3 nitrogen and oxygen atoms in total. The van der Waals surface area contributed by atoms with Crippen LogP contribution in [0.25, 0.3) is 11.3 Å². The average Bonchev–Trinajstić information content (AvgIpc) is 3.26. The largest absolute Gasteiger partial charge is 0.312 e. The summed E-state index contributed by atoms with van der Waals surface area (Å²) in [6.45, 7) is 2.77. The Bertz CT molecular complexity index is 949. The molecule has 26 heavy (non-hydrogen) atoms. The van der Waals surface area contributed by atoms with Crippen LogP contribution in [0.3, 0.4) is 0 Å². The predicted octanol–water partition coefficient (Wildman–Crippen LogP) is 5.29. The smallest absolute Gasteiger partial charge is 0.227 e. The zero-order chi connectivity index (χ0) is 18.1. The van der Waals surface area contributed by atoms with Gasteiger partial charge in [-0.15, -0.1) is 11.3 Å².